The molecule has 1 aliphatic heterocycles. The molecule has 3 rings (SSSR count). The zero-order valence-electron chi connectivity index (χ0n) is 13.1. The number of hydrogen-bond acceptors (Lipinski definition) is 5. The van der Waals surface area contributed by atoms with Crippen LogP contribution in [0.2, 0.25) is 0 Å². The average molecular weight is 317 g/mol. The van der Waals surface area contributed by atoms with Crippen LogP contribution in [0.3, 0.4) is 0 Å². The molecule has 1 saturated heterocycles. The Labute approximate surface area is 136 Å². The molecular formula is C18H23NO4. The van der Waals surface area contributed by atoms with Crippen LogP contribution < -0.4 is 0 Å². The minimum atomic E-state index is -0.839. The van der Waals surface area contributed by atoms with Gasteiger partial charge in [0.25, 0.3) is 0 Å². The maximum absolute atomic E-state index is 10.5. The Morgan fingerprint density at radius 2 is 1.78 bits per heavy atom. The van der Waals surface area contributed by atoms with Crippen molar-refractivity contribution in [2.45, 2.75) is 24.9 Å². The van der Waals surface area contributed by atoms with E-state index in [1.54, 1.807) is 30.3 Å². The van der Waals surface area contributed by atoms with E-state index in [1.807, 2.05) is 0 Å². The van der Waals surface area contributed by atoms with Gasteiger partial charge >= 0.3 is 0 Å². The second-order valence-corrected chi connectivity index (χ2v) is 6.10. The van der Waals surface area contributed by atoms with Gasteiger partial charge in [-0.2, -0.15) is 0 Å². The Bertz CT molecular complexity index is 588. The topological polar surface area (TPSA) is 73.2 Å². The van der Waals surface area contributed by atoms with Crippen LogP contribution in [-0.2, 0) is 4.74 Å². The molecule has 1 aliphatic carbocycles. The van der Waals surface area contributed by atoms with Gasteiger partial charge in [0, 0.05) is 18.5 Å². The molecule has 3 N–H and O–H groups in total. The van der Waals surface area contributed by atoms with E-state index in [0.717, 1.165) is 25.2 Å². The van der Waals surface area contributed by atoms with Crippen molar-refractivity contribution in [2.24, 2.45) is 0 Å². The maximum atomic E-state index is 10.5. The summed E-state index contributed by atoms with van der Waals surface area (Å²) in [5.74, 6) is 0.263. The van der Waals surface area contributed by atoms with E-state index in [2.05, 4.69) is 4.90 Å². The molecule has 0 saturated carbocycles. The lowest BCUT2D eigenvalue weighted by molar-refractivity contribution is 0.0790. The molecule has 1 aromatic rings. The zero-order valence-corrected chi connectivity index (χ0v) is 13.1. The quantitative estimate of drug-likeness (QED) is 0.777. The van der Waals surface area contributed by atoms with Gasteiger partial charge in [0.15, 0.2) is 0 Å². The number of likely N-dealkylation sites (tertiary alicyclic amines) is 1. The van der Waals surface area contributed by atoms with Gasteiger partial charge < -0.3 is 20.1 Å². The number of aliphatic hydroxyl groups is 2. The highest BCUT2D eigenvalue weighted by molar-refractivity contribution is 5.37. The third kappa shape index (κ3) is 3.86. The fourth-order valence-corrected chi connectivity index (χ4v) is 3.13. The SMILES string of the molecule is OC1=CC(c2ccc(O)cc2)C(O)C(OCCN2CCCC2)=C1. The Hall–Kier alpha value is -1.98. The largest absolute Gasteiger partial charge is 0.508 e. The summed E-state index contributed by atoms with van der Waals surface area (Å²) in [5.41, 5.74) is 0.815. The summed E-state index contributed by atoms with van der Waals surface area (Å²) >= 11 is 0. The second kappa shape index (κ2) is 7.06. The summed E-state index contributed by atoms with van der Waals surface area (Å²) in [6, 6.07) is 6.61. The zero-order chi connectivity index (χ0) is 16.2. The Balaban J connectivity index is 1.64. The predicted molar refractivity (Wildman–Crippen MR) is 87.3 cm³/mol. The van der Waals surface area contributed by atoms with Crippen LogP contribution in [0.5, 0.6) is 5.75 Å². The summed E-state index contributed by atoms with van der Waals surface area (Å²) in [4.78, 5) is 2.34. The van der Waals surface area contributed by atoms with Crippen LogP contribution in [0.15, 0.2) is 47.9 Å². The molecule has 1 fully saturated rings. The highest BCUT2D eigenvalue weighted by atomic mass is 16.5. The van der Waals surface area contributed by atoms with Gasteiger partial charge in [-0.15, -0.1) is 0 Å². The van der Waals surface area contributed by atoms with Crippen molar-refractivity contribution >= 4 is 0 Å². The van der Waals surface area contributed by atoms with Gasteiger partial charge in [-0.25, -0.2) is 0 Å². The molecule has 2 unspecified atom stereocenters. The molecule has 0 radical (unpaired) electrons. The van der Waals surface area contributed by atoms with Crippen molar-refractivity contribution in [2.75, 3.05) is 26.2 Å². The first-order valence-electron chi connectivity index (χ1n) is 8.08. The molecule has 0 bridgehead atoms. The number of phenolic OH excluding ortho intramolecular Hbond substituents is 1. The Kier molecular flexibility index (Phi) is 4.88. The molecule has 124 valence electrons. The van der Waals surface area contributed by atoms with Crippen LogP contribution >= 0.6 is 0 Å². The van der Waals surface area contributed by atoms with Crippen molar-refractivity contribution in [1.29, 1.82) is 0 Å². The van der Waals surface area contributed by atoms with Crippen molar-refractivity contribution in [3.05, 3.63) is 53.5 Å². The van der Waals surface area contributed by atoms with Gasteiger partial charge in [0.2, 0.25) is 0 Å². The number of allylic oxidation sites excluding steroid dienone is 1. The standard InChI is InChI=1S/C18H23NO4/c20-14-5-3-13(4-6-14)16-11-15(21)12-17(18(16)22)23-10-9-19-7-1-2-8-19/h3-6,11-12,16,18,20-22H,1-2,7-10H2. The van der Waals surface area contributed by atoms with Crippen LogP contribution in [0.4, 0.5) is 0 Å². The molecule has 23 heavy (non-hydrogen) atoms. The average Bonchev–Trinajstić information content (AvgIpc) is 3.04. The van der Waals surface area contributed by atoms with Gasteiger partial charge in [0.05, 0.1) is 0 Å². The maximum Gasteiger partial charge on any atom is 0.129 e. The predicted octanol–water partition coefficient (Wildman–Crippen LogP) is 2.29. The smallest absolute Gasteiger partial charge is 0.129 e. The van der Waals surface area contributed by atoms with Crippen molar-refractivity contribution in [3.63, 3.8) is 0 Å². The van der Waals surface area contributed by atoms with Gasteiger partial charge in [-0.1, -0.05) is 12.1 Å². The molecule has 0 aromatic heterocycles. The lowest BCUT2D eigenvalue weighted by Gasteiger charge is -2.27. The van der Waals surface area contributed by atoms with E-state index in [4.69, 9.17) is 4.74 Å². The molecule has 1 aromatic carbocycles. The Morgan fingerprint density at radius 3 is 2.48 bits per heavy atom. The van der Waals surface area contributed by atoms with Crippen LogP contribution in [-0.4, -0.2) is 52.6 Å². The summed E-state index contributed by atoms with van der Waals surface area (Å²) in [6.45, 7) is 3.54. The Morgan fingerprint density at radius 1 is 1.09 bits per heavy atom. The fourth-order valence-electron chi connectivity index (χ4n) is 3.13. The first-order chi connectivity index (χ1) is 11.1. The van der Waals surface area contributed by atoms with Crippen LogP contribution in [0, 0.1) is 0 Å². The number of phenols is 1. The van der Waals surface area contributed by atoms with E-state index in [0.29, 0.717) is 12.4 Å². The van der Waals surface area contributed by atoms with E-state index in [9.17, 15) is 15.3 Å². The monoisotopic (exact) mass is 317 g/mol. The summed E-state index contributed by atoms with van der Waals surface area (Å²) in [7, 11) is 0. The molecule has 0 spiro atoms. The van der Waals surface area contributed by atoms with E-state index in [-0.39, 0.29) is 17.4 Å². The lowest BCUT2D eigenvalue weighted by Crippen LogP contribution is -2.28. The highest BCUT2D eigenvalue weighted by Gasteiger charge is 2.28. The van der Waals surface area contributed by atoms with Gasteiger partial charge in [-0.05, 0) is 49.7 Å². The third-order valence-corrected chi connectivity index (χ3v) is 4.43. The molecular weight excluding hydrogens is 294 g/mol. The van der Waals surface area contributed by atoms with Crippen molar-refractivity contribution in [3.8, 4) is 5.75 Å². The minimum absolute atomic E-state index is 0.0875. The van der Waals surface area contributed by atoms with Crippen LogP contribution in [0.25, 0.3) is 0 Å². The summed E-state index contributed by atoms with van der Waals surface area (Å²) in [6.07, 6.45) is 4.71. The summed E-state index contributed by atoms with van der Waals surface area (Å²) in [5, 5.41) is 29.8. The molecule has 2 aliphatic rings. The van der Waals surface area contributed by atoms with E-state index < -0.39 is 6.10 Å². The first kappa shape index (κ1) is 15.9. The molecule has 0 amide bonds. The third-order valence-electron chi connectivity index (χ3n) is 4.43. The summed E-state index contributed by atoms with van der Waals surface area (Å²) < 4.78 is 5.72. The van der Waals surface area contributed by atoms with E-state index in [1.165, 1.54) is 18.9 Å². The minimum Gasteiger partial charge on any atom is -0.508 e. The highest BCUT2D eigenvalue weighted by Crippen LogP contribution is 2.32. The van der Waals surface area contributed by atoms with Crippen molar-refractivity contribution < 1.29 is 20.1 Å². The fraction of sp³-hybridized carbons (Fsp3) is 0.444. The number of ether oxygens (including phenoxy) is 1. The number of rotatable bonds is 5. The number of aromatic hydroxyl groups is 1. The lowest BCUT2D eigenvalue weighted by atomic mass is 9.88. The number of nitrogens with zero attached hydrogens (tertiary/aromatic N) is 1. The molecule has 5 heteroatoms. The van der Waals surface area contributed by atoms with Crippen LogP contribution in [0.1, 0.15) is 24.3 Å². The van der Waals surface area contributed by atoms with E-state index >= 15 is 0 Å². The van der Waals surface area contributed by atoms with Gasteiger partial charge in [0.1, 0.15) is 30.0 Å². The van der Waals surface area contributed by atoms with Gasteiger partial charge in [-0.3, -0.25) is 4.90 Å². The number of hydrogen-bond donors (Lipinski definition) is 3. The van der Waals surface area contributed by atoms with Crippen molar-refractivity contribution in [1.82, 2.24) is 4.90 Å². The second-order valence-electron chi connectivity index (χ2n) is 6.10. The molecule has 1 heterocycles. The number of aliphatic hydroxyl groups excluding tert-OH is 2. The number of benzene rings is 1. The first-order valence-corrected chi connectivity index (χ1v) is 8.08. The molecule has 5 nitrogen and oxygen atoms in total. The normalized spacial score (nSPS) is 25.1. The molecule has 2 atom stereocenters.